The van der Waals surface area contributed by atoms with Crippen molar-refractivity contribution in [3.8, 4) is 0 Å². The van der Waals surface area contributed by atoms with E-state index in [2.05, 4.69) is 32.7 Å². The van der Waals surface area contributed by atoms with E-state index in [1.165, 1.54) is 0 Å². The molecule has 0 saturated carbocycles. The van der Waals surface area contributed by atoms with Crippen LogP contribution in [0.2, 0.25) is 0 Å². The van der Waals surface area contributed by atoms with Crippen molar-refractivity contribution in [2.24, 2.45) is 0 Å². The molecule has 0 aliphatic heterocycles. The molecule has 0 atom stereocenters. The lowest BCUT2D eigenvalue weighted by atomic mass is 10.3. The average Bonchev–Trinajstić information content (AvgIpc) is 2.01. The van der Waals surface area contributed by atoms with Gasteiger partial charge < -0.3 is 5.32 Å². The summed E-state index contributed by atoms with van der Waals surface area (Å²) in [6, 6.07) is 0. The molecule has 0 aromatic heterocycles. The lowest BCUT2D eigenvalue weighted by Crippen LogP contribution is -2.25. The summed E-state index contributed by atoms with van der Waals surface area (Å²) in [7, 11) is 0. The zero-order chi connectivity index (χ0) is 11.2. The number of carbonyl (C=O) groups excluding carboxylic acids is 1. The van der Waals surface area contributed by atoms with Crippen LogP contribution in [0, 0.1) is 0 Å². The van der Waals surface area contributed by atoms with Crippen LogP contribution in [0.1, 0.15) is 34.1 Å². The molecular formula is C11H21NOS. The van der Waals surface area contributed by atoms with Crippen molar-refractivity contribution < 1.29 is 4.79 Å². The predicted octanol–water partition coefficient (Wildman–Crippen LogP) is 2.60. The summed E-state index contributed by atoms with van der Waals surface area (Å²) in [5, 5.41) is 2.82. The lowest BCUT2D eigenvalue weighted by Gasteiger charge is -2.17. The van der Waals surface area contributed by atoms with Crippen molar-refractivity contribution in [1.82, 2.24) is 5.32 Å². The fourth-order valence-corrected chi connectivity index (χ4v) is 1.70. The third kappa shape index (κ3) is 8.17. The molecule has 0 unspecified atom stereocenters. The van der Waals surface area contributed by atoms with Gasteiger partial charge in [0.05, 0.1) is 0 Å². The molecule has 3 heteroatoms. The Balaban J connectivity index is 3.39. The van der Waals surface area contributed by atoms with Crippen molar-refractivity contribution in [1.29, 1.82) is 0 Å². The number of rotatable bonds is 5. The van der Waals surface area contributed by atoms with E-state index in [4.69, 9.17) is 0 Å². The Bertz CT molecular complexity index is 206. The summed E-state index contributed by atoms with van der Waals surface area (Å²) in [6.07, 6.45) is 1.01. The van der Waals surface area contributed by atoms with E-state index in [1.54, 1.807) is 6.92 Å². The van der Waals surface area contributed by atoms with Crippen LogP contribution in [0.5, 0.6) is 0 Å². The molecule has 1 amide bonds. The van der Waals surface area contributed by atoms with Gasteiger partial charge in [-0.1, -0.05) is 27.4 Å². The molecule has 0 spiro atoms. The van der Waals surface area contributed by atoms with E-state index in [0.717, 1.165) is 18.7 Å². The highest BCUT2D eigenvalue weighted by Crippen LogP contribution is 2.23. The molecule has 0 saturated heterocycles. The van der Waals surface area contributed by atoms with Gasteiger partial charge >= 0.3 is 0 Å². The summed E-state index contributed by atoms with van der Waals surface area (Å²) < 4.78 is 0.318. The van der Waals surface area contributed by atoms with Crippen molar-refractivity contribution in [3.63, 3.8) is 0 Å². The zero-order valence-electron chi connectivity index (χ0n) is 9.64. The van der Waals surface area contributed by atoms with Crippen LogP contribution in [0.3, 0.4) is 0 Å². The van der Waals surface area contributed by atoms with Gasteiger partial charge in [-0.05, 0) is 19.1 Å². The van der Waals surface area contributed by atoms with E-state index in [1.807, 2.05) is 11.8 Å². The maximum Gasteiger partial charge on any atom is 0.246 e. The molecule has 0 radical (unpaired) electrons. The van der Waals surface area contributed by atoms with Gasteiger partial charge in [0.15, 0.2) is 0 Å². The summed E-state index contributed by atoms with van der Waals surface area (Å²) in [6.45, 7) is 12.6. The maximum atomic E-state index is 11.1. The molecular weight excluding hydrogens is 194 g/mol. The van der Waals surface area contributed by atoms with Gasteiger partial charge in [-0.25, -0.2) is 0 Å². The third-order valence-electron chi connectivity index (χ3n) is 1.53. The SMILES string of the molecule is C=C(C)C(=O)NCCCSC(C)(C)C. The molecule has 0 heterocycles. The van der Waals surface area contributed by atoms with Crippen LogP contribution in [0.4, 0.5) is 0 Å². The van der Waals surface area contributed by atoms with Gasteiger partial charge in [-0.2, -0.15) is 11.8 Å². The standard InChI is InChI=1S/C11H21NOS/c1-9(2)10(13)12-7-6-8-14-11(3,4)5/h1,6-8H2,2-5H3,(H,12,13). The quantitative estimate of drug-likeness (QED) is 0.564. The van der Waals surface area contributed by atoms with Gasteiger partial charge in [0.25, 0.3) is 0 Å². The minimum Gasteiger partial charge on any atom is -0.352 e. The first kappa shape index (κ1) is 13.6. The topological polar surface area (TPSA) is 29.1 Å². The molecule has 2 nitrogen and oxygen atoms in total. The molecule has 0 aliphatic rings. The van der Waals surface area contributed by atoms with Gasteiger partial charge in [0, 0.05) is 16.9 Å². The largest absolute Gasteiger partial charge is 0.352 e. The maximum absolute atomic E-state index is 11.1. The first-order valence-corrected chi connectivity index (χ1v) is 5.89. The third-order valence-corrected chi connectivity index (χ3v) is 2.89. The Morgan fingerprint density at radius 1 is 1.43 bits per heavy atom. The normalized spacial score (nSPS) is 11.1. The minimum absolute atomic E-state index is 0.0363. The van der Waals surface area contributed by atoms with E-state index in [-0.39, 0.29) is 5.91 Å². The molecule has 1 N–H and O–H groups in total. The summed E-state index contributed by atoms with van der Waals surface area (Å²) in [4.78, 5) is 11.1. The second kappa shape index (κ2) is 6.12. The zero-order valence-corrected chi connectivity index (χ0v) is 10.5. The highest BCUT2D eigenvalue weighted by atomic mass is 32.2. The Morgan fingerprint density at radius 3 is 2.43 bits per heavy atom. The summed E-state index contributed by atoms with van der Waals surface area (Å²) in [5.41, 5.74) is 0.577. The number of carbonyl (C=O) groups is 1. The monoisotopic (exact) mass is 215 g/mol. The van der Waals surface area contributed by atoms with E-state index < -0.39 is 0 Å². The smallest absolute Gasteiger partial charge is 0.246 e. The minimum atomic E-state index is -0.0363. The van der Waals surface area contributed by atoms with E-state index >= 15 is 0 Å². The number of hydrogen-bond acceptors (Lipinski definition) is 2. The van der Waals surface area contributed by atoms with Crippen LogP contribution >= 0.6 is 11.8 Å². The van der Waals surface area contributed by atoms with Crippen LogP contribution < -0.4 is 5.32 Å². The van der Waals surface area contributed by atoms with E-state index in [0.29, 0.717) is 10.3 Å². The Kier molecular flexibility index (Phi) is 5.93. The molecule has 0 rings (SSSR count). The van der Waals surface area contributed by atoms with Crippen molar-refractivity contribution >= 4 is 17.7 Å². The Labute approximate surface area is 91.5 Å². The molecule has 0 aliphatic carbocycles. The molecule has 0 aromatic rings. The van der Waals surface area contributed by atoms with Crippen LogP contribution in [0.25, 0.3) is 0 Å². The van der Waals surface area contributed by atoms with Crippen LogP contribution in [-0.4, -0.2) is 23.0 Å². The van der Waals surface area contributed by atoms with E-state index in [9.17, 15) is 4.79 Å². The van der Waals surface area contributed by atoms with Crippen molar-refractivity contribution in [2.75, 3.05) is 12.3 Å². The highest BCUT2D eigenvalue weighted by molar-refractivity contribution is 8.00. The Morgan fingerprint density at radius 2 is 2.00 bits per heavy atom. The first-order chi connectivity index (χ1) is 6.33. The number of hydrogen-bond donors (Lipinski definition) is 1. The van der Waals surface area contributed by atoms with Crippen molar-refractivity contribution in [2.45, 2.75) is 38.9 Å². The van der Waals surface area contributed by atoms with Crippen LogP contribution in [0.15, 0.2) is 12.2 Å². The summed E-state index contributed by atoms with van der Waals surface area (Å²) >= 11 is 1.92. The number of nitrogens with one attached hydrogen (secondary N) is 1. The predicted molar refractivity (Wildman–Crippen MR) is 64.7 cm³/mol. The Hall–Kier alpha value is -0.440. The molecule has 0 fully saturated rings. The van der Waals surface area contributed by atoms with Gasteiger partial charge in [0.2, 0.25) is 5.91 Å². The fraction of sp³-hybridized carbons (Fsp3) is 0.727. The van der Waals surface area contributed by atoms with Crippen LogP contribution in [-0.2, 0) is 4.79 Å². The average molecular weight is 215 g/mol. The number of thioether (sulfide) groups is 1. The summed E-state index contributed by atoms with van der Waals surface area (Å²) in [5.74, 6) is 1.05. The molecule has 0 bridgehead atoms. The first-order valence-electron chi connectivity index (χ1n) is 4.90. The number of amides is 1. The van der Waals surface area contributed by atoms with Gasteiger partial charge in [0.1, 0.15) is 0 Å². The second-order valence-electron chi connectivity index (χ2n) is 4.35. The molecule has 82 valence electrons. The molecule has 0 aromatic carbocycles. The second-order valence-corrected chi connectivity index (χ2v) is 6.27. The molecule has 14 heavy (non-hydrogen) atoms. The lowest BCUT2D eigenvalue weighted by molar-refractivity contribution is -0.117. The van der Waals surface area contributed by atoms with Gasteiger partial charge in [-0.3, -0.25) is 4.79 Å². The fourth-order valence-electron chi connectivity index (χ4n) is 0.803. The van der Waals surface area contributed by atoms with Gasteiger partial charge in [-0.15, -0.1) is 0 Å². The highest BCUT2D eigenvalue weighted by Gasteiger charge is 2.09. The van der Waals surface area contributed by atoms with Crippen molar-refractivity contribution in [3.05, 3.63) is 12.2 Å².